The molecule has 1 aromatic carbocycles. The first kappa shape index (κ1) is 35.2. The van der Waals surface area contributed by atoms with E-state index in [1.54, 1.807) is 0 Å². The fraction of sp³-hybridized carbons (Fsp3) is 0.719. The van der Waals surface area contributed by atoms with Crippen molar-refractivity contribution in [1.29, 1.82) is 0 Å². The maximum Gasteiger partial charge on any atom is 0.379 e. The fourth-order valence-corrected chi connectivity index (χ4v) is 5.62. The van der Waals surface area contributed by atoms with Crippen molar-refractivity contribution in [3.63, 3.8) is 0 Å². The van der Waals surface area contributed by atoms with Crippen LogP contribution in [0.4, 0.5) is 8.78 Å². The standard InChI is InChI=1S/C32H48F2O9/c1-2-3-4-5-6-7-8-9-10-11-12-13-14-15-16-17-20-21-18-22(33)25(36)24(34)29(21)42-31(40)30(20)43-32-28(39)27(38)26(37)23(19-35)41-32/h18,23,26-28,32,35-39H,2-17,19H2,1H3/t23-,26+,27+,28-,32+/m1/s1. The first-order valence-corrected chi connectivity index (χ1v) is 15.8. The first-order chi connectivity index (χ1) is 20.7. The van der Waals surface area contributed by atoms with Crippen LogP contribution in [0.3, 0.4) is 0 Å². The van der Waals surface area contributed by atoms with Crippen LogP contribution >= 0.6 is 0 Å². The lowest BCUT2D eigenvalue weighted by Crippen LogP contribution is -2.60. The summed E-state index contributed by atoms with van der Waals surface area (Å²) in [5, 5.41) is 49.6. The van der Waals surface area contributed by atoms with Gasteiger partial charge < -0.3 is 39.4 Å². The van der Waals surface area contributed by atoms with Crippen LogP contribution in [-0.2, 0) is 11.2 Å². The summed E-state index contributed by atoms with van der Waals surface area (Å²) in [4.78, 5) is 12.9. The second-order valence-corrected chi connectivity index (χ2v) is 11.6. The summed E-state index contributed by atoms with van der Waals surface area (Å²) in [5.74, 6) is -4.44. The number of aliphatic hydroxyl groups excluding tert-OH is 4. The van der Waals surface area contributed by atoms with Gasteiger partial charge in [-0.25, -0.2) is 9.18 Å². The van der Waals surface area contributed by atoms with E-state index >= 15 is 0 Å². The van der Waals surface area contributed by atoms with Gasteiger partial charge in [-0.3, -0.25) is 0 Å². The molecule has 244 valence electrons. The van der Waals surface area contributed by atoms with Crippen LogP contribution in [-0.4, -0.2) is 62.8 Å². The molecule has 11 heteroatoms. The molecule has 1 aromatic heterocycles. The minimum atomic E-state index is -1.81. The van der Waals surface area contributed by atoms with E-state index in [1.807, 2.05) is 0 Å². The summed E-state index contributed by atoms with van der Waals surface area (Å²) >= 11 is 0. The average Bonchev–Trinajstić information content (AvgIpc) is 2.99. The molecule has 0 aliphatic carbocycles. The summed E-state index contributed by atoms with van der Waals surface area (Å²) in [6.07, 6.45) is 9.28. The highest BCUT2D eigenvalue weighted by Crippen LogP contribution is 2.35. The number of halogens is 2. The van der Waals surface area contributed by atoms with E-state index in [1.165, 1.54) is 64.2 Å². The Morgan fingerprint density at radius 1 is 0.814 bits per heavy atom. The van der Waals surface area contributed by atoms with E-state index in [0.29, 0.717) is 6.42 Å². The Hall–Kier alpha value is -2.31. The molecule has 1 fully saturated rings. The number of phenols is 1. The Morgan fingerprint density at radius 2 is 1.35 bits per heavy atom. The van der Waals surface area contributed by atoms with Gasteiger partial charge in [-0.1, -0.05) is 96.8 Å². The molecule has 43 heavy (non-hydrogen) atoms. The third-order valence-electron chi connectivity index (χ3n) is 8.24. The molecule has 0 unspecified atom stereocenters. The highest BCUT2D eigenvalue weighted by molar-refractivity contribution is 5.84. The van der Waals surface area contributed by atoms with Crippen molar-refractivity contribution < 1.29 is 48.2 Å². The zero-order valence-corrected chi connectivity index (χ0v) is 25.1. The first-order valence-electron chi connectivity index (χ1n) is 15.8. The smallest absolute Gasteiger partial charge is 0.379 e. The number of ether oxygens (including phenoxy) is 2. The molecule has 5 N–H and O–H groups in total. The predicted molar refractivity (Wildman–Crippen MR) is 157 cm³/mol. The number of phenolic OH excluding ortho intramolecular Hbond substituents is 1. The normalized spacial score (nSPS) is 22.3. The number of fused-ring (bicyclic) bond motifs is 1. The highest BCUT2D eigenvalue weighted by Gasteiger charge is 2.45. The summed E-state index contributed by atoms with van der Waals surface area (Å²) < 4.78 is 45.0. The van der Waals surface area contributed by atoms with Gasteiger partial charge in [-0.05, 0) is 18.9 Å². The van der Waals surface area contributed by atoms with Crippen LogP contribution < -0.4 is 10.4 Å². The van der Waals surface area contributed by atoms with E-state index in [9.17, 15) is 39.1 Å². The monoisotopic (exact) mass is 614 g/mol. The molecular formula is C32H48F2O9. The van der Waals surface area contributed by atoms with Crippen LogP contribution in [0.15, 0.2) is 15.3 Å². The van der Waals surface area contributed by atoms with Crippen molar-refractivity contribution in [2.24, 2.45) is 0 Å². The number of aromatic hydroxyl groups is 1. The van der Waals surface area contributed by atoms with Crippen molar-refractivity contribution in [2.45, 2.75) is 140 Å². The molecule has 3 rings (SSSR count). The Labute approximate surface area is 251 Å². The quantitative estimate of drug-likeness (QED) is 0.104. The van der Waals surface area contributed by atoms with Gasteiger partial charge in [0.25, 0.3) is 0 Å². The summed E-state index contributed by atoms with van der Waals surface area (Å²) in [6.45, 7) is 1.52. The van der Waals surface area contributed by atoms with Crippen molar-refractivity contribution >= 4 is 11.0 Å². The molecule has 0 spiro atoms. The van der Waals surface area contributed by atoms with Gasteiger partial charge in [-0.15, -0.1) is 0 Å². The number of benzene rings is 1. The largest absolute Gasteiger partial charge is 0.503 e. The molecular weight excluding hydrogens is 566 g/mol. The lowest BCUT2D eigenvalue weighted by Gasteiger charge is -2.39. The molecule has 2 aromatic rings. The van der Waals surface area contributed by atoms with Gasteiger partial charge in [0.05, 0.1) is 6.61 Å². The van der Waals surface area contributed by atoms with E-state index in [2.05, 4.69) is 6.92 Å². The number of hydrogen-bond donors (Lipinski definition) is 5. The number of aryl methyl sites for hydroxylation is 1. The van der Waals surface area contributed by atoms with E-state index in [-0.39, 0.29) is 17.4 Å². The van der Waals surface area contributed by atoms with Crippen LogP contribution in [0, 0.1) is 11.6 Å². The zero-order valence-electron chi connectivity index (χ0n) is 25.1. The number of aliphatic hydroxyl groups is 4. The molecule has 0 saturated carbocycles. The summed E-state index contributed by atoms with van der Waals surface area (Å²) in [7, 11) is 0. The molecule has 0 amide bonds. The van der Waals surface area contributed by atoms with Crippen LogP contribution in [0.25, 0.3) is 11.0 Å². The minimum Gasteiger partial charge on any atom is -0.503 e. The maximum atomic E-state index is 14.7. The number of unbranched alkanes of at least 4 members (excludes halogenated alkanes) is 14. The molecule has 1 saturated heterocycles. The molecule has 0 radical (unpaired) electrons. The highest BCUT2D eigenvalue weighted by atomic mass is 19.1. The molecule has 2 heterocycles. The SMILES string of the molecule is CCCCCCCCCCCCCCCCCc1c(O[C@@H]2O[C@H](CO)[C@H](O)[C@H](O)[C@H]2O)c(=O)oc2c(F)c(O)c(F)cc12. The molecule has 5 atom stereocenters. The Bertz CT molecular complexity index is 1190. The number of rotatable bonds is 19. The lowest BCUT2D eigenvalue weighted by molar-refractivity contribution is -0.278. The van der Waals surface area contributed by atoms with Gasteiger partial charge in [0.15, 0.2) is 17.1 Å². The van der Waals surface area contributed by atoms with Gasteiger partial charge in [-0.2, -0.15) is 4.39 Å². The Kier molecular flexibility index (Phi) is 14.6. The van der Waals surface area contributed by atoms with Gasteiger partial charge in [0.1, 0.15) is 24.4 Å². The second kappa shape index (κ2) is 17.9. The third kappa shape index (κ3) is 9.59. The fourth-order valence-electron chi connectivity index (χ4n) is 5.62. The maximum absolute atomic E-state index is 14.7. The second-order valence-electron chi connectivity index (χ2n) is 11.6. The number of hydrogen-bond acceptors (Lipinski definition) is 9. The molecule has 9 nitrogen and oxygen atoms in total. The van der Waals surface area contributed by atoms with Gasteiger partial charge >= 0.3 is 5.63 Å². The van der Waals surface area contributed by atoms with Crippen LogP contribution in [0.5, 0.6) is 11.5 Å². The van der Waals surface area contributed by atoms with Crippen molar-refractivity contribution in [3.05, 3.63) is 33.7 Å². The van der Waals surface area contributed by atoms with Crippen LogP contribution in [0.1, 0.15) is 109 Å². The van der Waals surface area contributed by atoms with E-state index < -0.39 is 71.7 Å². The lowest BCUT2D eigenvalue weighted by atomic mass is 9.98. The molecule has 1 aliphatic rings. The van der Waals surface area contributed by atoms with E-state index in [0.717, 1.165) is 31.7 Å². The Balaban J connectivity index is 1.59. The third-order valence-corrected chi connectivity index (χ3v) is 8.24. The van der Waals surface area contributed by atoms with Crippen molar-refractivity contribution in [1.82, 2.24) is 0 Å². The molecule has 0 bridgehead atoms. The van der Waals surface area contributed by atoms with Gasteiger partial charge in [0.2, 0.25) is 17.9 Å². The van der Waals surface area contributed by atoms with Crippen molar-refractivity contribution in [3.8, 4) is 11.5 Å². The summed E-state index contributed by atoms with van der Waals surface area (Å²) in [5.41, 5.74) is -1.71. The summed E-state index contributed by atoms with van der Waals surface area (Å²) in [6, 6.07) is 0.845. The van der Waals surface area contributed by atoms with Crippen LogP contribution in [0.2, 0.25) is 0 Å². The Morgan fingerprint density at radius 3 is 1.88 bits per heavy atom. The zero-order chi connectivity index (χ0) is 31.4. The predicted octanol–water partition coefficient (Wildman–Crippen LogP) is 5.37. The topological polar surface area (TPSA) is 150 Å². The minimum absolute atomic E-state index is 0.0932. The average molecular weight is 615 g/mol. The van der Waals surface area contributed by atoms with Crippen molar-refractivity contribution in [2.75, 3.05) is 6.61 Å². The van der Waals surface area contributed by atoms with Gasteiger partial charge in [0, 0.05) is 10.9 Å². The van der Waals surface area contributed by atoms with E-state index in [4.69, 9.17) is 13.9 Å². The molecule has 1 aliphatic heterocycles.